The first-order chi connectivity index (χ1) is 8.68. The number of aliphatic hydroxyl groups excluding tert-OH is 4. The van der Waals surface area contributed by atoms with Gasteiger partial charge in [-0.05, 0) is 13.8 Å². The first-order valence-electron chi connectivity index (χ1n) is 5.60. The fourth-order valence-electron chi connectivity index (χ4n) is 1.52. The summed E-state index contributed by atoms with van der Waals surface area (Å²) in [6, 6.07) is 0. The van der Waals surface area contributed by atoms with Crippen LogP contribution in [0.4, 0.5) is 0 Å². The maximum atomic E-state index is 11.4. The van der Waals surface area contributed by atoms with Crippen LogP contribution in [0.25, 0.3) is 0 Å². The highest BCUT2D eigenvalue weighted by atomic mass is 32.3. The van der Waals surface area contributed by atoms with E-state index >= 15 is 0 Å². The van der Waals surface area contributed by atoms with E-state index in [1.54, 1.807) is 0 Å². The quantitative estimate of drug-likeness (QED) is 0.432. The summed E-state index contributed by atoms with van der Waals surface area (Å²) in [7, 11) is -4.45. The van der Waals surface area contributed by atoms with Crippen molar-refractivity contribution in [2.45, 2.75) is 50.7 Å². The highest BCUT2D eigenvalue weighted by Gasteiger charge is 2.46. The lowest BCUT2D eigenvalue weighted by atomic mass is 10.00. The number of hydrogen-bond acceptors (Lipinski definition) is 9. The van der Waals surface area contributed by atoms with E-state index in [9.17, 15) is 23.7 Å². The second-order valence-corrected chi connectivity index (χ2v) is 5.55. The first kappa shape index (κ1) is 16.7. The smallest absolute Gasteiger partial charge is 0.394 e. The van der Waals surface area contributed by atoms with Crippen molar-refractivity contribution in [1.29, 1.82) is 0 Å². The molecular weight excluding hydrogens is 284 g/mol. The number of hydrogen-bond donors (Lipinski definition) is 4. The molecule has 0 aromatic rings. The Kier molecular flexibility index (Phi) is 5.65. The van der Waals surface area contributed by atoms with Gasteiger partial charge in [0, 0.05) is 0 Å². The maximum Gasteiger partial charge on any atom is 0.402 e. The third-order valence-corrected chi connectivity index (χ3v) is 3.42. The Morgan fingerprint density at radius 3 is 2.21 bits per heavy atom. The van der Waals surface area contributed by atoms with E-state index < -0.39 is 53.8 Å². The summed E-state index contributed by atoms with van der Waals surface area (Å²) in [4.78, 5) is 0. The number of aliphatic hydroxyl groups is 4. The van der Waals surface area contributed by atoms with Gasteiger partial charge in [-0.15, -0.1) is 0 Å². The van der Waals surface area contributed by atoms with E-state index in [0.717, 1.165) is 0 Å². The minimum atomic E-state index is -4.45. The van der Waals surface area contributed by atoms with E-state index in [-0.39, 0.29) is 0 Å². The van der Waals surface area contributed by atoms with Crippen LogP contribution in [0.3, 0.4) is 0 Å². The summed E-state index contributed by atoms with van der Waals surface area (Å²) in [5.41, 5.74) is 0. The molecule has 0 bridgehead atoms. The van der Waals surface area contributed by atoms with Gasteiger partial charge in [0.1, 0.15) is 24.4 Å². The van der Waals surface area contributed by atoms with Crippen molar-refractivity contribution >= 4 is 10.4 Å². The molecular formula is C9H18O9S. The maximum absolute atomic E-state index is 11.4. The summed E-state index contributed by atoms with van der Waals surface area (Å²) in [5.74, 6) is 0. The zero-order valence-electron chi connectivity index (χ0n) is 10.4. The van der Waals surface area contributed by atoms with Crippen LogP contribution < -0.4 is 0 Å². The highest BCUT2D eigenvalue weighted by Crippen LogP contribution is 2.23. The van der Waals surface area contributed by atoms with Crippen LogP contribution in [0.2, 0.25) is 0 Å². The Hall–Kier alpha value is -0.330. The molecule has 0 radical (unpaired) electrons. The topological polar surface area (TPSA) is 143 Å². The summed E-state index contributed by atoms with van der Waals surface area (Å²) < 4.78 is 36.6. The van der Waals surface area contributed by atoms with Gasteiger partial charge in [-0.25, -0.2) is 8.37 Å². The molecule has 0 amide bonds. The van der Waals surface area contributed by atoms with E-state index in [0.29, 0.717) is 0 Å². The molecule has 1 rings (SSSR count). The van der Waals surface area contributed by atoms with E-state index in [1.165, 1.54) is 13.8 Å². The lowest BCUT2D eigenvalue weighted by Crippen LogP contribution is -2.59. The minimum Gasteiger partial charge on any atom is -0.394 e. The normalized spacial score (nSPS) is 36.7. The predicted octanol–water partition coefficient (Wildman–Crippen LogP) is -2.53. The zero-order valence-corrected chi connectivity index (χ0v) is 11.2. The Labute approximate surface area is 110 Å². The summed E-state index contributed by atoms with van der Waals surface area (Å²) >= 11 is 0. The molecule has 9 nitrogen and oxygen atoms in total. The standard InChI is InChI=1S/C9H18O9S/c1-4(2)17-19(14,15)18-9-8(13)7(12)6(11)5(3-10)16-9/h4-13H,3H2,1-2H3/t5-,6+,7+,8-,9+/m1/s1. The van der Waals surface area contributed by atoms with Crippen molar-refractivity contribution in [3.05, 3.63) is 0 Å². The molecule has 0 aromatic carbocycles. The molecule has 0 spiro atoms. The molecule has 10 heteroatoms. The van der Waals surface area contributed by atoms with Crippen LogP contribution in [0.5, 0.6) is 0 Å². The molecule has 1 aliphatic heterocycles. The molecule has 0 aromatic heterocycles. The largest absolute Gasteiger partial charge is 0.402 e. The van der Waals surface area contributed by atoms with Gasteiger partial charge in [0.05, 0.1) is 12.7 Å². The van der Waals surface area contributed by atoms with Crippen molar-refractivity contribution in [3.63, 3.8) is 0 Å². The highest BCUT2D eigenvalue weighted by molar-refractivity contribution is 7.81. The van der Waals surface area contributed by atoms with Gasteiger partial charge in [-0.3, -0.25) is 0 Å². The number of ether oxygens (including phenoxy) is 1. The van der Waals surface area contributed by atoms with Gasteiger partial charge >= 0.3 is 10.4 Å². The van der Waals surface area contributed by atoms with E-state index in [4.69, 9.17) is 9.84 Å². The summed E-state index contributed by atoms with van der Waals surface area (Å²) in [5, 5.41) is 37.4. The van der Waals surface area contributed by atoms with Crippen molar-refractivity contribution in [1.82, 2.24) is 0 Å². The van der Waals surface area contributed by atoms with Crippen LogP contribution in [-0.4, -0.2) is 72.3 Å². The predicted molar refractivity (Wildman–Crippen MR) is 60.0 cm³/mol. The molecule has 4 N–H and O–H groups in total. The molecule has 1 aliphatic rings. The molecule has 114 valence electrons. The van der Waals surface area contributed by atoms with Crippen molar-refractivity contribution < 1.29 is 41.9 Å². The van der Waals surface area contributed by atoms with Gasteiger partial charge in [0.2, 0.25) is 6.29 Å². The SMILES string of the molecule is CC(C)OS(=O)(=O)O[C@@H]1O[C@H](CO)[C@H](O)[C@H](O)[C@H]1O. The van der Waals surface area contributed by atoms with Gasteiger partial charge in [0.15, 0.2) is 0 Å². The average Bonchev–Trinajstić information content (AvgIpc) is 2.28. The molecule has 5 atom stereocenters. The first-order valence-corrected chi connectivity index (χ1v) is 6.93. The van der Waals surface area contributed by atoms with Gasteiger partial charge in [0.25, 0.3) is 0 Å². The fraction of sp³-hybridized carbons (Fsp3) is 1.00. The van der Waals surface area contributed by atoms with Gasteiger partial charge < -0.3 is 25.2 Å². The van der Waals surface area contributed by atoms with Crippen molar-refractivity contribution in [2.75, 3.05) is 6.61 Å². The van der Waals surface area contributed by atoms with E-state index in [2.05, 4.69) is 8.37 Å². The average molecular weight is 302 g/mol. The summed E-state index contributed by atoms with van der Waals surface area (Å²) in [6.45, 7) is 2.22. The van der Waals surface area contributed by atoms with Crippen molar-refractivity contribution in [2.24, 2.45) is 0 Å². The monoisotopic (exact) mass is 302 g/mol. The van der Waals surface area contributed by atoms with Gasteiger partial charge in [-0.2, -0.15) is 8.42 Å². The van der Waals surface area contributed by atoms with E-state index in [1.807, 2.05) is 0 Å². The summed E-state index contributed by atoms with van der Waals surface area (Å²) in [6.07, 6.45) is -8.83. The Morgan fingerprint density at radius 1 is 1.16 bits per heavy atom. The van der Waals surface area contributed by atoms with Crippen molar-refractivity contribution in [3.8, 4) is 0 Å². The third kappa shape index (κ3) is 4.33. The molecule has 19 heavy (non-hydrogen) atoms. The zero-order chi connectivity index (χ0) is 14.8. The molecule has 1 heterocycles. The molecule has 0 saturated carbocycles. The van der Waals surface area contributed by atoms with Crippen LogP contribution in [0.15, 0.2) is 0 Å². The van der Waals surface area contributed by atoms with Crippen LogP contribution in [0.1, 0.15) is 13.8 Å². The molecule has 0 aliphatic carbocycles. The molecule has 0 unspecified atom stereocenters. The third-order valence-electron chi connectivity index (χ3n) is 2.37. The van der Waals surface area contributed by atoms with Crippen LogP contribution in [-0.2, 0) is 23.5 Å². The molecule has 1 fully saturated rings. The van der Waals surface area contributed by atoms with Crippen LogP contribution >= 0.6 is 0 Å². The van der Waals surface area contributed by atoms with Gasteiger partial charge in [-0.1, -0.05) is 0 Å². The Morgan fingerprint density at radius 2 is 1.74 bits per heavy atom. The Balaban J connectivity index is 2.77. The molecule has 1 saturated heterocycles. The lowest BCUT2D eigenvalue weighted by Gasteiger charge is -2.38. The Bertz CT molecular complexity index is 379. The second kappa shape index (κ2) is 6.41. The fourth-order valence-corrected chi connectivity index (χ4v) is 2.43. The number of rotatable bonds is 5. The second-order valence-electron chi connectivity index (χ2n) is 4.35. The minimum absolute atomic E-state index is 0.685. The van der Waals surface area contributed by atoms with Crippen LogP contribution in [0, 0.1) is 0 Å². The lowest BCUT2D eigenvalue weighted by molar-refractivity contribution is -0.278.